The highest BCUT2D eigenvalue weighted by Crippen LogP contribution is 2.26. The third-order valence-electron chi connectivity index (χ3n) is 2.38. The molecular formula is C11H14F3NO5S. The lowest BCUT2D eigenvalue weighted by molar-refractivity contribution is -0.274. The smallest absolute Gasteiger partial charge is 0.406 e. The molecule has 0 saturated heterocycles. The van der Waals surface area contributed by atoms with Gasteiger partial charge in [-0.3, -0.25) is 0 Å². The molecule has 0 aliphatic rings. The summed E-state index contributed by atoms with van der Waals surface area (Å²) in [6.45, 7) is -1.55. The highest BCUT2D eigenvalue weighted by molar-refractivity contribution is 7.89. The maximum Gasteiger partial charge on any atom is 0.573 e. The second-order valence-electron chi connectivity index (χ2n) is 3.87. The molecule has 0 spiro atoms. The van der Waals surface area contributed by atoms with E-state index >= 15 is 0 Å². The molecule has 0 atom stereocenters. The van der Waals surface area contributed by atoms with E-state index in [2.05, 4.69) is 4.74 Å². The molecule has 0 aliphatic carbocycles. The van der Waals surface area contributed by atoms with Crippen molar-refractivity contribution in [2.45, 2.75) is 11.3 Å². The fraction of sp³-hybridized carbons (Fsp3) is 0.455. The molecule has 2 N–H and O–H groups in total. The maximum atomic E-state index is 12.2. The van der Waals surface area contributed by atoms with Crippen molar-refractivity contribution in [2.24, 2.45) is 0 Å². The molecule has 1 aromatic rings. The first-order chi connectivity index (χ1) is 9.70. The molecule has 0 heterocycles. The van der Waals surface area contributed by atoms with Crippen molar-refractivity contribution < 1.29 is 36.5 Å². The molecule has 0 aromatic heterocycles. The molecule has 1 aromatic carbocycles. The lowest BCUT2D eigenvalue weighted by Gasteiger charge is -2.20. The van der Waals surface area contributed by atoms with Gasteiger partial charge >= 0.3 is 6.36 Å². The van der Waals surface area contributed by atoms with E-state index < -0.39 is 40.2 Å². The monoisotopic (exact) mass is 329 g/mol. The summed E-state index contributed by atoms with van der Waals surface area (Å²) < 4.78 is 65.2. The Balaban J connectivity index is 3.10. The predicted molar refractivity (Wildman–Crippen MR) is 66.1 cm³/mol. The van der Waals surface area contributed by atoms with Crippen molar-refractivity contribution in [2.75, 3.05) is 26.3 Å². The molecule has 10 heteroatoms. The minimum absolute atomic E-state index is 0.284. The number of nitrogens with zero attached hydrogens (tertiary/aromatic N) is 1. The Morgan fingerprint density at radius 2 is 1.71 bits per heavy atom. The summed E-state index contributed by atoms with van der Waals surface area (Å²) in [6.07, 6.45) is -4.93. The van der Waals surface area contributed by atoms with Gasteiger partial charge in [-0.1, -0.05) is 6.07 Å². The number of benzene rings is 1. The highest BCUT2D eigenvalue weighted by atomic mass is 32.2. The Bertz CT molecular complexity index is 555. The van der Waals surface area contributed by atoms with E-state index in [4.69, 9.17) is 10.2 Å². The van der Waals surface area contributed by atoms with E-state index in [-0.39, 0.29) is 13.1 Å². The van der Waals surface area contributed by atoms with Gasteiger partial charge in [0.1, 0.15) is 5.75 Å². The second kappa shape index (κ2) is 7.07. The molecule has 1 rings (SSSR count). The van der Waals surface area contributed by atoms with Crippen LogP contribution in [-0.2, 0) is 10.0 Å². The normalized spacial score (nSPS) is 12.7. The van der Waals surface area contributed by atoms with Crippen molar-refractivity contribution in [3.8, 4) is 5.75 Å². The largest absolute Gasteiger partial charge is 0.573 e. The Hall–Kier alpha value is -1.36. The van der Waals surface area contributed by atoms with Crippen LogP contribution >= 0.6 is 0 Å². The molecule has 0 saturated carbocycles. The average Bonchev–Trinajstić information content (AvgIpc) is 2.36. The zero-order valence-electron chi connectivity index (χ0n) is 10.7. The molecule has 21 heavy (non-hydrogen) atoms. The van der Waals surface area contributed by atoms with Crippen LogP contribution in [0.4, 0.5) is 13.2 Å². The molecule has 0 unspecified atom stereocenters. The molecule has 6 nitrogen and oxygen atoms in total. The SMILES string of the molecule is O=S(=O)(c1cccc(OC(F)(F)F)c1)N(CCO)CCO. The van der Waals surface area contributed by atoms with Crippen LogP contribution in [0.5, 0.6) is 5.75 Å². The van der Waals surface area contributed by atoms with Crippen molar-refractivity contribution in [3.63, 3.8) is 0 Å². The molecule has 120 valence electrons. The summed E-state index contributed by atoms with van der Waals surface area (Å²) in [5, 5.41) is 17.6. The van der Waals surface area contributed by atoms with Crippen LogP contribution in [-0.4, -0.2) is 55.6 Å². The van der Waals surface area contributed by atoms with Crippen molar-refractivity contribution >= 4 is 10.0 Å². The van der Waals surface area contributed by atoms with Crippen molar-refractivity contribution in [1.29, 1.82) is 0 Å². The van der Waals surface area contributed by atoms with Gasteiger partial charge in [0.2, 0.25) is 10.0 Å². The van der Waals surface area contributed by atoms with E-state index in [1.54, 1.807) is 0 Å². The summed E-state index contributed by atoms with van der Waals surface area (Å²) in [5.41, 5.74) is 0. The first-order valence-electron chi connectivity index (χ1n) is 5.78. The lowest BCUT2D eigenvalue weighted by Crippen LogP contribution is -2.35. The quantitative estimate of drug-likeness (QED) is 0.763. The van der Waals surface area contributed by atoms with Gasteiger partial charge in [0.25, 0.3) is 0 Å². The van der Waals surface area contributed by atoms with Crippen LogP contribution < -0.4 is 4.74 Å². The first kappa shape index (κ1) is 17.7. The minimum Gasteiger partial charge on any atom is -0.406 e. The Morgan fingerprint density at radius 1 is 1.14 bits per heavy atom. The van der Waals surface area contributed by atoms with Crippen LogP contribution in [0.2, 0.25) is 0 Å². The third-order valence-corrected chi connectivity index (χ3v) is 4.27. The number of sulfonamides is 1. The summed E-state index contributed by atoms with van der Waals surface area (Å²) in [4.78, 5) is -0.425. The van der Waals surface area contributed by atoms with Crippen LogP contribution in [0.1, 0.15) is 0 Å². The molecule has 0 fully saturated rings. The third kappa shape index (κ3) is 5.16. The number of aliphatic hydroxyl groups excluding tert-OH is 2. The Morgan fingerprint density at radius 3 is 2.19 bits per heavy atom. The number of ether oxygens (including phenoxy) is 1. The van der Waals surface area contributed by atoms with E-state index in [9.17, 15) is 21.6 Å². The second-order valence-corrected chi connectivity index (χ2v) is 5.81. The molecular weight excluding hydrogens is 315 g/mol. The minimum atomic E-state index is -4.93. The van der Waals surface area contributed by atoms with E-state index in [1.165, 1.54) is 0 Å². The van der Waals surface area contributed by atoms with Crippen molar-refractivity contribution in [3.05, 3.63) is 24.3 Å². The van der Waals surface area contributed by atoms with Gasteiger partial charge in [-0.25, -0.2) is 8.42 Å². The number of alkyl halides is 3. The number of halogens is 3. The number of aliphatic hydroxyl groups is 2. The van der Waals surface area contributed by atoms with Gasteiger partial charge in [-0.2, -0.15) is 4.31 Å². The van der Waals surface area contributed by atoms with Gasteiger partial charge in [0.15, 0.2) is 0 Å². The Labute approximate surface area is 119 Å². The average molecular weight is 329 g/mol. The van der Waals surface area contributed by atoms with Crippen molar-refractivity contribution in [1.82, 2.24) is 4.31 Å². The standard InChI is InChI=1S/C11H14F3NO5S/c12-11(13,14)20-9-2-1-3-10(8-9)21(18,19)15(4-6-16)5-7-17/h1-3,8,16-17H,4-7H2. The lowest BCUT2D eigenvalue weighted by atomic mass is 10.3. The predicted octanol–water partition coefficient (Wildman–Crippen LogP) is 0.560. The van der Waals surface area contributed by atoms with Crippen LogP contribution in [0.3, 0.4) is 0 Å². The van der Waals surface area contributed by atoms with E-state index in [0.717, 1.165) is 28.6 Å². The van der Waals surface area contributed by atoms with Crippen LogP contribution in [0, 0.1) is 0 Å². The summed E-state index contributed by atoms with van der Waals surface area (Å²) in [5.74, 6) is -0.670. The van der Waals surface area contributed by atoms with Gasteiger partial charge in [0, 0.05) is 19.2 Å². The first-order valence-corrected chi connectivity index (χ1v) is 7.22. The molecule has 0 aliphatic heterocycles. The van der Waals surface area contributed by atoms with Crippen LogP contribution in [0.25, 0.3) is 0 Å². The zero-order valence-corrected chi connectivity index (χ0v) is 11.6. The topological polar surface area (TPSA) is 87.1 Å². The van der Waals surface area contributed by atoms with Gasteiger partial charge < -0.3 is 14.9 Å². The fourth-order valence-electron chi connectivity index (χ4n) is 1.56. The number of hydrogen-bond acceptors (Lipinski definition) is 5. The fourth-order valence-corrected chi connectivity index (χ4v) is 3.01. The summed E-state index contributed by atoms with van der Waals surface area (Å²) >= 11 is 0. The summed E-state index contributed by atoms with van der Waals surface area (Å²) in [7, 11) is -4.14. The molecule has 0 amide bonds. The van der Waals surface area contributed by atoms with E-state index in [1.807, 2.05) is 0 Å². The molecule has 0 radical (unpaired) electrons. The highest BCUT2D eigenvalue weighted by Gasteiger charge is 2.32. The van der Waals surface area contributed by atoms with Crippen LogP contribution in [0.15, 0.2) is 29.2 Å². The number of rotatable bonds is 7. The van der Waals surface area contributed by atoms with Gasteiger partial charge in [0.05, 0.1) is 18.1 Å². The van der Waals surface area contributed by atoms with E-state index in [0.29, 0.717) is 0 Å². The van der Waals surface area contributed by atoms with Gasteiger partial charge in [-0.15, -0.1) is 13.2 Å². The van der Waals surface area contributed by atoms with Gasteiger partial charge in [-0.05, 0) is 12.1 Å². The Kier molecular flexibility index (Phi) is 5.96. The maximum absolute atomic E-state index is 12.2. The zero-order chi connectivity index (χ0) is 16.1. The number of hydrogen-bond donors (Lipinski definition) is 2. The summed E-state index contributed by atoms with van der Waals surface area (Å²) in [6, 6.07) is 3.89. The molecule has 0 bridgehead atoms.